The number of nitro groups is 1. The Morgan fingerprint density at radius 3 is 2.38 bits per heavy atom. The molecule has 0 aliphatic heterocycles. The van der Waals surface area contributed by atoms with Gasteiger partial charge < -0.3 is 10.6 Å². The van der Waals surface area contributed by atoms with Crippen LogP contribution < -0.4 is 5.73 Å². The van der Waals surface area contributed by atoms with E-state index < -0.39 is 16.9 Å². The number of amides is 1. The molecule has 0 spiro atoms. The zero-order chi connectivity index (χ0) is 17.7. The molecule has 6 heteroatoms. The van der Waals surface area contributed by atoms with Gasteiger partial charge in [-0.2, -0.15) is 0 Å². The van der Waals surface area contributed by atoms with Crippen LogP contribution in [0.25, 0.3) is 0 Å². The van der Waals surface area contributed by atoms with E-state index in [0.29, 0.717) is 5.56 Å². The summed E-state index contributed by atoms with van der Waals surface area (Å²) in [7, 11) is 1.63. The highest BCUT2D eigenvalue weighted by atomic mass is 16.6. The van der Waals surface area contributed by atoms with E-state index in [1.165, 1.54) is 11.0 Å². The van der Waals surface area contributed by atoms with Crippen molar-refractivity contribution in [1.82, 2.24) is 4.90 Å². The third kappa shape index (κ3) is 3.97. The number of hydrogen-bond donors (Lipinski definition) is 1. The Morgan fingerprint density at radius 2 is 1.75 bits per heavy atom. The molecule has 24 heavy (non-hydrogen) atoms. The fourth-order valence-corrected chi connectivity index (χ4v) is 2.62. The number of nitrogens with zero attached hydrogens (tertiary/aromatic N) is 2. The van der Waals surface area contributed by atoms with Gasteiger partial charge in [-0.15, -0.1) is 0 Å². The molecule has 0 saturated carbocycles. The largest absolute Gasteiger partial charge is 0.341 e. The number of para-hydroxylation sites is 1. The standard InChI is InChI=1S/C18H21N3O3/c1-13(17(19)14-8-4-3-5-9-14)18(22)20(2)12-15-10-6-7-11-16(15)21(23)24/h3-11,13,17H,12,19H2,1-2H3/t13-,17+/m1/s1. The second-order valence-corrected chi connectivity index (χ2v) is 5.81. The highest BCUT2D eigenvalue weighted by molar-refractivity contribution is 5.79. The number of nitro benzene ring substituents is 1. The van der Waals surface area contributed by atoms with Gasteiger partial charge in [0.2, 0.25) is 5.91 Å². The van der Waals surface area contributed by atoms with Crippen LogP contribution >= 0.6 is 0 Å². The topological polar surface area (TPSA) is 89.5 Å². The van der Waals surface area contributed by atoms with Gasteiger partial charge in [0.15, 0.2) is 0 Å². The summed E-state index contributed by atoms with van der Waals surface area (Å²) in [6.07, 6.45) is 0. The molecule has 2 aromatic carbocycles. The second-order valence-electron chi connectivity index (χ2n) is 5.81. The number of rotatable bonds is 6. The monoisotopic (exact) mass is 327 g/mol. The lowest BCUT2D eigenvalue weighted by Gasteiger charge is -2.25. The fraction of sp³-hybridized carbons (Fsp3) is 0.278. The van der Waals surface area contributed by atoms with Crippen LogP contribution in [0, 0.1) is 16.0 Å². The normalized spacial score (nSPS) is 13.1. The van der Waals surface area contributed by atoms with Gasteiger partial charge in [0.25, 0.3) is 5.69 Å². The molecule has 2 rings (SSSR count). The zero-order valence-corrected chi connectivity index (χ0v) is 13.8. The van der Waals surface area contributed by atoms with Crippen molar-refractivity contribution in [2.45, 2.75) is 19.5 Å². The Morgan fingerprint density at radius 1 is 1.17 bits per heavy atom. The number of hydrogen-bond acceptors (Lipinski definition) is 4. The van der Waals surface area contributed by atoms with Gasteiger partial charge in [-0.1, -0.05) is 55.5 Å². The average molecular weight is 327 g/mol. The van der Waals surface area contributed by atoms with E-state index in [9.17, 15) is 14.9 Å². The lowest BCUT2D eigenvalue weighted by molar-refractivity contribution is -0.385. The molecule has 2 N–H and O–H groups in total. The molecule has 0 bridgehead atoms. The van der Waals surface area contributed by atoms with Crippen LogP contribution in [-0.2, 0) is 11.3 Å². The van der Waals surface area contributed by atoms with Crippen LogP contribution in [0.4, 0.5) is 5.69 Å². The first kappa shape index (κ1) is 17.6. The molecule has 0 radical (unpaired) electrons. The van der Waals surface area contributed by atoms with Crippen molar-refractivity contribution in [2.24, 2.45) is 11.7 Å². The molecule has 0 unspecified atom stereocenters. The van der Waals surface area contributed by atoms with E-state index in [0.717, 1.165) is 5.56 Å². The predicted octanol–water partition coefficient (Wildman–Crippen LogP) is 2.89. The molecule has 0 saturated heterocycles. The lowest BCUT2D eigenvalue weighted by atomic mass is 9.94. The highest BCUT2D eigenvalue weighted by Crippen LogP contribution is 2.23. The van der Waals surface area contributed by atoms with Gasteiger partial charge in [-0.25, -0.2) is 0 Å². The summed E-state index contributed by atoms with van der Waals surface area (Å²) in [6.45, 7) is 1.94. The lowest BCUT2D eigenvalue weighted by Crippen LogP contribution is -2.36. The van der Waals surface area contributed by atoms with E-state index in [-0.39, 0.29) is 18.1 Å². The number of carbonyl (C=O) groups is 1. The number of benzene rings is 2. The molecule has 6 nitrogen and oxygen atoms in total. The molecule has 0 heterocycles. The Hall–Kier alpha value is -2.73. The van der Waals surface area contributed by atoms with Crippen LogP contribution in [0.2, 0.25) is 0 Å². The van der Waals surface area contributed by atoms with Crippen LogP contribution in [-0.4, -0.2) is 22.8 Å². The van der Waals surface area contributed by atoms with Crippen LogP contribution in [0.5, 0.6) is 0 Å². The van der Waals surface area contributed by atoms with Gasteiger partial charge in [0.1, 0.15) is 0 Å². The van der Waals surface area contributed by atoms with Gasteiger partial charge in [0.05, 0.1) is 17.4 Å². The minimum Gasteiger partial charge on any atom is -0.341 e. The van der Waals surface area contributed by atoms with Crippen molar-refractivity contribution in [3.63, 3.8) is 0 Å². The SMILES string of the molecule is C[C@@H](C(=O)N(C)Cc1ccccc1[N+](=O)[O-])[C@H](N)c1ccccc1. The van der Waals surface area contributed by atoms with E-state index in [2.05, 4.69) is 0 Å². The van der Waals surface area contributed by atoms with Gasteiger partial charge in [0, 0.05) is 24.7 Å². The molecule has 0 aliphatic rings. The van der Waals surface area contributed by atoms with E-state index >= 15 is 0 Å². The predicted molar refractivity (Wildman–Crippen MR) is 92.1 cm³/mol. The highest BCUT2D eigenvalue weighted by Gasteiger charge is 2.26. The third-order valence-corrected chi connectivity index (χ3v) is 4.08. The smallest absolute Gasteiger partial charge is 0.274 e. The van der Waals surface area contributed by atoms with E-state index in [1.54, 1.807) is 32.2 Å². The first-order valence-electron chi connectivity index (χ1n) is 7.69. The molecule has 0 aromatic heterocycles. The van der Waals surface area contributed by atoms with Crippen molar-refractivity contribution in [1.29, 1.82) is 0 Å². The maximum absolute atomic E-state index is 12.6. The fourth-order valence-electron chi connectivity index (χ4n) is 2.62. The molecule has 2 aromatic rings. The van der Waals surface area contributed by atoms with Crippen molar-refractivity contribution in [3.05, 3.63) is 75.8 Å². The van der Waals surface area contributed by atoms with Gasteiger partial charge in [-0.05, 0) is 5.56 Å². The molecule has 1 amide bonds. The van der Waals surface area contributed by atoms with Crippen LogP contribution in [0.3, 0.4) is 0 Å². The summed E-state index contributed by atoms with van der Waals surface area (Å²) in [4.78, 5) is 24.7. The average Bonchev–Trinajstić information content (AvgIpc) is 2.60. The summed E-state index contributed by atoms with van der Waals surface area (Å²) in [5.74, 6) is -0.579. The Balaban J connectivity index is 2.11. The van der Waals surface area contributed by atoms with E-state index in [4.69, 9.17) is 5.73 Å². The van der Waals surface area contributed by atoms with Crippen LogP contribution in [0.1, 0.15) is 24.1 Å². The van der Waals surface area contributed by atoms with Crippen molar-refractivity contribution < 1.29 is 9.72 Å². The maximum atomic E-state index is 12.6. The van der Waals surface area contributed by atoms with E-state index in [1.807, 2.05) is 30.3 Å². The van der Waals surface area contributed by atoms with Crippen molar-refractivity contribution >= 4 is 11.6 Å². The first-order valence-corrected chi connectivity index (χ1v) is 7.69. The molecular weight excluding hydrogens is 306 g/mol. The minimum absolute atomic E-state index is 0.0113. The first-order chi connectivity index (χ1) is 11.4. The molecular formula is C18H21N3O3. The molecule has 2 atom stereocenters. The van der Waals surface area contributed by atoms with Crippen molar-refractivity contribution in [2.75, 3.05) is 7.05 Å². The minimum atomic E-state index is -0.438. The molecule has 0 fully saturated rings. The van der Waals surface area contributed by atoms with Gasteiger partial charge >= 0.3 is 0 Å². The third-order valence-electron chi connectivity index (χ3n) is 4.08. The van der Waals surface area contributed by atoms with Crippen LogP contribution in [0.15, 0.2) is 54.6 Å². The number of carbonyl (C=O) groups excluding carboxylic acids is 1. The number of nitrogens with two attached hydrogens (primary N) is 1. The zero-order valence-electron chi connectivity index (χ0n) is 13.8. The summed E-state index contributed by atoms with van der Waals surface area (Å²) in [5, 5.41) is 11.1. The second kappa shape index (κ2) is 7.70. The summed E-state index contributed by atoms with van der Waals surface area (Å²) >= 11 is 0. The Bertz CT molecular complexity index is 718. The maximum Gasteiger partial charge on any atom is 0.274 e. The summed E-state index contributed by atoms with van der Waals surface area (Å²) < 4.78 is 0. The van der Waals surface area contributed by atoms with Crippen molar-refractivity contribution in [3.8, 4) is 0 Å². The summed E-state index contributed by atoms with van der Waals surface area (Å²) in [6, 6.07) is 15.4. The molecule has 0 aliphatic carbocycles. The Labute approximate surface area is 141 Å². The molecule has 126 valence electrons. The quantitative estimate of drug-likeness (QED) is 0.652. The summed E-state index contributed by atoms with van der Waals surface area (Å²) in [5.41, 5.74) is 7.59. The van der Waals surface area contributed by atoms with Gasteiger partial charge in [-0.3, -0.25) is 14.9 Å². The Kier molecular flexibility index (Phi) is 5.65.